The highest BCUT2D eigenvalue weighted by Crippen LogP contribution is 2.23. The Hall–Kier alpha value is -2.90. The normalized spacial score (nSPS) is 12.1. The molecule has 27 heavy (non-hydrogen) atoms. The average Bonchev–Trinajstić information content (AvgIpc) is 3.02. The largest absolute Gasteiger partial charge is 0.494 e. The fourth-order valence-corrected chi connectivity index (χ4v) is 3.01. The number of hydrogen-bond acceptors (Lipinski definition) is 4. The fourth-order valence-electron chi connectivity index (χ4n) is 3.01. The molecular formula is C19H24FN3O4. The van der Waals surface area contributed by atoms with Crippen LogP contribution in [0.2, 0.25) is 0 Å². The molecule has 2 aromatic rings. The number of benzene rings is 1. The number of rotatable bonds is 8. The van der Waals surface area contributed by atoms with Gasteiger partial charge in [-0.2, -0.15) is 5.10 Å². The first-order valence-corrected chi connectivity index (χ1v) is 8.75. The minimum Gasteiger partial charge on any atom is -0.494 e. The molecule has 8 heteroatoms. The molecule has 1 aromatic heterocycles. The second kappa shape index (κ2) is 8.66. The lowest BCUT2D eigenvalue weighted by Gasteiger charge is -2.17. The van der Waals surface area contributed by atoms with Crippen molar-refractivity contribution in [2.45, 2.75) is 45.7 Å². The predicted octanol–water partition coefficient (Wildman–Crippen LogP) is 3.26. The summed E-state index contributed by atoms with van der Waals surface area (Å²) in [6.07, 6.45) is 3.16. The van der Waals surface area contributed by atoms with Gasteiger partial charge in [0.2, 0.25) is 0 Å². The van der Waals surface area contributed by atoms with Crippen LogP contribution < -0.4 is 10.1 Å². The van der Waals surface area contributed by atoms with Crippen LogP contribution in [-0.2, 0) is 4.79 Å². The molecule has 1 aromatic carbocycles. The summed E-state index contributed by atoms with van der Waals surface area (Å²) in [5.41, 5.74) is 1.06. The van der Waals surface area contributed by atoms with Gasteiger partial charge in [-0.3, -0.25) is 9.48 Å². The standard InChI is InChI=1S/C19H24FN3O4/c1-5-13(6-2)23-11(3)14(10-21-23)18(24)22-17(19(25)26)12-7-8-16(27-4)15(20)9-12/h7-10,13,17H,5-6H2,1-4H3,(H,22,24)(H,25,26). The van der Waals surface area contributed by atoms with Gasteiger partial charge in [0.05, 0.1) is 24.9 Å². The van der Waals surface area contributed by atoms with E-state index in [0.29, 0.717) is 11.3 Å². The quantitative estimate of drug-likeness (QED) is 0.736. The molecule has 1 heterocycles. The highest BCUT2D eigenvalue weighted by Gasteiger charge is 2.26. The number of amides is 1. The molecule has 1 atom stereocenters. The zero-order valence-corrected chi connectivity index (χ0v) is 15.8. The molecule has 1 unspecified atom stereocenters. The van der Waals surface area contributed by atoms with Gasteiger partial charge in [0, 0.05) is 5.69 Å². The smallest absolute Gasteiger partial charge is 0.330 e. The molecule has 0 aliphatic carbocycles. The summed E-state index contributed by atoms with van der Waals surface area (Å²) in [5, 5.41) is 16.2. The monoisotopic (exact) mass is 377 g/mol. The molecule has 1 amide bonds. The van der Waals surface area contributed by atoms with Crippen molar-refractivity contribution in [1.29, 1.82) is 0 Å². The molecule has 0 fully saturated rings. The maximum Gasteiger partial charge on any atom is 0.330 e. The summed E-state index contributed by atoms with van der Waals surface area (Å²) in [5.74, 6) is -2.57. The highest BCUT2D eigenvalue weighted by atomic mass is 19.1. The van der Waals surface area contributed by atoms with E-state index in [2.05, 4.69) is 10.4 Å². The molecule has 0 aliphatic rings. The number of nitrogens with zero attached hydrogens (tertiary/aromatic N) is 2. The lowest BCUT2D eigenvalue weighted by atomic mass is 10.1. The van der Waals surface area contributed by atoms with Crippen molar-refractivity contribution in [3.8, 4) is 5.75 Å². The topological polar surface area (TPSA) is 93.5 Å². The summed E-state index contributed by atoms with van der Waals surface area (Å²) < 4.78 is 20.5. The average molecular weight is 377 g/mol. The second-order valence-corrected chi connectivity index (χ2v) is 6.20. The van der Waals surface area contributed by atoms with Crippen molar-refractivity contribution in [3.63, 3.8) is 0 Å². The van der Waals surface area contributed by atoms with Gasteiger partial charge in [-0.1, -0.05) is 19.9 Å². The van der Waals surface area contributed by atoms with Crippen molar-refractivity contribution < 1.29 is 23.8 Å². The Morgan fingerprint density at radius 1 is 1.33 bits per heavy atom. The zero-order chi connectivity index (χ0) is 20.1. The predicted molar refractivity (Wildman–Crippen MR) is 97.4 cm³/mol. The van der Waals surface area contributed by atoms with Crippen LogP contribution in [0.4, 0.5) is 4.39 Å². The summed E-state index contributed by atoms with van der Waals surface area (Å²) in [7, 11) is 1.31. The minimum absolute atomic E-state index is 0.00323. The third-order valence-electron chi connectivity index (χ3n) is 4.61. The van der Waals surface area contributed by atoms with Crippen molar-refractivity contribution in [2.24, 2.45) is 0 Å². The molecule has 0 saturated carbocycles. The summed E-state index contributed by atoms with van der Waals surface area (Å²) in [6.45, 7) is 5.84. The van der Waals surface area contributed by atoms with Crippen LogP contribution in [0.15, 0.2) is 24.4 Å². The summed E-state index contributed by atoms with van der Waals surface area (Å²) >= 11 is 0. The molecule has 0 radical (unpaired) electrons. The van der Waals surface area contributed by atoms with Gasteiger partial charge < -0.3 is 15.2 Å². The molecule has 0 spiro atoms. The number of methoxy groups -OCH3 is 1. The first kappa shape index (κ1) is 20.4. The first-order valence-electron chi connectivity index (χ1n) is 8.75. The van der Waals surface area contributed by atoms with E-state index in [-0.39, 0.29) is 17.4 Å². The summed E-state index contributed by atoms with van der Waals surface area (Å²) in [6, 6.07) is 2.54. The fraction of sp³-hybridized carbons (Fsp3) is 0.421. The third-order valence-corrected chi connectivity index (χ3v) is 4.61. The number of hydrogen-bond donors (Lipinski definition) is 2. The Kier molecular flexibility index (Phi) is 6.55. The van der Waals surface area contributed by atoms with E-state index < -0.39 is 23.7 Å². The van der Waals surface area contributed by atoms with E-state index in [0.717, 1.165) is 18.9 Å². The maximum atomic E-state index is 13.9. The van der Waals surface area contributed by atoms with Crippen molar-refractivity contribution >= 4 is 11.9 Å². The molecule has 0 aliphatic heterocycles. The van der Waals surface area contributed by atoms with Gasteiger partial charge in [-0.15, -0.1) is 0 Å². The number of carboxylic acid groups (broad SMARTS) is 1. The van der Waals surface area contributed by atoms with Crippen molar-refractivity contribution in [2.75, 3.05) is 7.11 Å². The number of ether oxygens (including phenoxy) is 1. The van der Waals surface area contributed by atoms with Gasteiger partial charge >= 0.3 is 5.97 Å². The third kappa shape index (κ3) is 4.27. The van der Waals surface area contributed by atoms with E-state index in [1.165, 1.54) is 25.4 Å². The van der Waals surface area contributed by atoms with Crippen LogP contribution in [0.3, 0.4) is 0 Å². The molecule has 0 bridgehead atoms. The van der Waals surface area contributed by atoms with Gasteiger partial charge in [0.1, 0.15) is 0 Å². The maximum absolute atomic E-state index is 13.9. The van der Waals surface area contributed by atoms with Crippen molar-refractivity contribution in [1.82, 2.24) is 15.1 Å². The Morgan fingerprint density at radius 3 is 2.52 bits per heavy atom. The van der Waals surface area contributed by atoms with E-state index in [4.69, 9.17) is 4.74 Å². The molecule has 2 rings (SSSR count). The van der Waals surface area contributed by atoms with E-state index in [1.807, 2.05) is 13.8 Å². The summed E-state index contributed by atoms with van der Waals surface area (Å²) in [4.78, 5) is 24.3. The minimum atomic E-state index is -1.39. The Bertz CT molecular complexity index is 830. The number of aromatic nitrogens is 2. The van der Waals surface area contributed by atoms with E-state index in [1.54, 1.807) is 11.6 Å². The van der Waals surface area contributed by atoms with Gasteiger partial charge in [0.25, 0.3) is 5.91 Å². The molecule has 7 nitrogen and oxygen atoms in total. The number of aliphatic carboxylic acids is 1. The highest BCUT2D eigenvalue weighted by molar-refractivity contribution is 5.97. The second-order valence-electron chi connectivity index (χ2n) is 6.20. The van der Waals surface area contributed by atoms with Crippen LogP contribution in [-0.4, -0.2) is 33.9 Å². The Labute approximate surface area is 157 Å². The van der Waals surface area contributed by atoms with Crippen LogP contribution >= 0.6 is 0 Å². The molecule has 0 saturated heterocycles. The lowest BCUT2D eigenvalue weighted by Crippen LogP contribution is -2.34. The van der Waals surface area contributed by atoms with Crippen LogP contribution in [0.5, 0.6) is 5.75 Å². The SMILES string of the molecule is CCC(CC)n1ncc(C(=O)NC(C(=O)O)c2ccc(OC)c(F)c2)c1C. The number of carboxylic acids is 1. The molecule has 2 N–H and O–H groups in total. The van der Waals surface area contributed by atoms with Gasteiger partial charge in [-0.25, -0.2) is 9.18 Å². The number of carbonyl (C=O) groups is 2. The zero-order valence-electron chi connectivity index (χ0n) is 15.8. The van der Waals surface area contributed by atoms with Gasteiger partial charge in [-0.05, 0) is 37.5 Å². The molecule has 146 valence electrons. The number of nitrogens with one attached hydrogen (secondary N) is 1. The van der Waals surface area contributed by atoms with Crippen LogP contribution in [0.1, 0.15) is 60.4 Å². The lowest BCUT2D eigenvalue weighted by molar-refractivity contribution is -0.139. The first-order chi connectivity index (χ1) is 12.8. The van der Waals surface area contributed by atoms with Crippen LogP contribution in [0, 0.1) is 12.7 Å². The number of halogens is 1. The Balaban J connectivity index is 2.28. The van der Waals surface area contributed by atoms with Gasteiger partial charge in [0.15, 0.2) is 17.6 Å². The van der Waals surface area contributed by atoms with Crippen LogP contribution in [0.25, 0.3) is 0 Å². The van der Waals surface area contributed by atoms with Crippen molar-refractivity contribution in [3.05, 3.63) is 47.0 Å². The van der Waals surface area contributed by atoms with E-state index in [9.17, 15) is 19.1 Å². The van der Waals surface area contributed by atoms with E-state index >= 15 is 0 Å². The Morgan fingerprint density at radius 2 is 2.00 bits per heavy atom. The number of carbonyl (C=O) groups excluding carboxylic acids is 1. The molecular weight excluding hydrogens is 353 g/mol.